The first-order chi connectivity index (χ1) is 8.65. The van der Waals surface area contributed by atoms with Gasteiger partial charge in [-0.2, -0.15) is 0 Å². The predicted molar refractivity (Wildman–Crippen MR) is 69.4 cm³/mol. The third kappa shape index (κ3) is 3.44. The van der Waals surface area contributed by atoms with Gasteiger partial charge < -0.3 is 0 Å². The zero-order chi connectivity index (χ0) is 13.0. The van der Waals surface area contributed by atoms with Crippen molar-refractivity contribution >= 4 is 27.1 Å². The van der Waals surface area contributed by atoms with Crippen LogP contribution in [-0.2, 0) is 6.54 Å². The summed E-state index contributed by atoms with van der Waals surface area (Å²) in [6.07, 6.45) is 0. The topological polar surface area (TPSA) is 29.1 Å². The number of halogens is 1. The molecule has 0 heterocycles. The van der Waals surface area contributed by atoms with Gasteiger partial charge in [0.15, 0.2) is 0 Å². The Kier molecular flexibility index (Phi) is 4.16. The second-order valence-corrected chi connectivity index (χ2v) is 4.95. The van der Waals surface area contributed by atoms with Crippen LogP contribution in [-0.4, -0.2) is 22.8 Å². The molecule has 0 aliphatic carbocycles. The Morgan fingerprint density at radius 3 is 2.67 bits per heavy atom. The van der Waals surface area contributed by atoms with Crippen LogP contribution in [0.3, 0.4) is 0 Å². The van der Waals surface area contributed by atoms with Crippen LogP contribution in [0.25, 0.3) is 0 Å². The molecule has 0 aliphatic rings. The third-order valence-corrected chi connectivity index (χ3v) is 3.03. The summed E-state index contributed by atoms with van der Waals surface area (Å²) < 4.78 is 13.9. The number of hydrogen-bond acceptors (Lipinski definition) is 1. The van der Waals surface area contributed by atoms with Gasteiger partial charge in [-0.15, -0.1) is 0 Å². The van der Waals surface area contributed by atoms with Gasteiger partial charge in [0.1, 0.15) is 0 Å². The van der Waals surface area contributed by atoms with E-state index in [0.29, 0.717) is 12.1 Å². The summed E-state index contributed by atoms with van der Waals surface area (Å²) in [6.45, 7) is 0.319. The fraction of sp³-hybridized carbons (Fsp3) is 0.0714. The van der Waals surface area contributed by atoms with Crippen LogP contribution < -0.4 is 9.67 Å². The molecule has 2 nitrogen and oxygen atoms in total. The summed E-state index contributed by atoms with van der Waals surface area (Å²) in [5, 5.41) is 2.76. The SMILES string of the molecule is O=C(NCc1cccc(F)c1)c1cccc([As])c1. The molecule has 18 heavy (non-hydrogen) atoms. The Hall–Kier alpha value is -1.60. The molecule has 4 heteroatoms. The van der Waals surface area contributed by atoms with Gasteiger partial charge in [-0.1, -0.05) is 0 Å². The Balaban J connectivity index is 2.00. The molecular weight excluding hydrogens is 292 g/mol. The molecule has 0 aromatic heterocycles. The van der Waals surface area contributed by atoms with Crippen LogP contribution in [0.2, 0.25) is 0 Å². The van der Waals surface area contributed by atoms with E-state index in [2.05, 4.69) is 22.2 Å². The van der Waals surface area contributed by atoms with Crippen molar-refractivity contribution in [2.24, 2.45) is 0 Å². The Morgan fingerprint density at radius 2 is 1.94 bits per heavy atom. The second-order valence-electron chi connectivity index (χ2n) is 3.86. The Morgan fingerprint density at radius 1 is 1.17 bits per heavy atom. The number of amides is 1. The maximum atomic E-state index is 13.0. The molecule has 0 fully saturated rings. The predicted octanol–water partition coefficient (Wildman–Crippen LogP) is 1.55. The van der Waals surface area contributed by atoms with E-state index in [1.54, 1.807) is 24.3 Å². The van der Waals surface area contributed by atoms with Crippen molar-refractivity contribution in [3.63, 3.8) is 0 Å². The molecule has 2 rings (SSSR count). The average molecular weight is 303 g/mol. The first kappa shape index (κ1) is 12.8. The van der Waals surface area contributed by atoms with E-state index < -0.39 is 0 Å². The molecule has 1 amide bonds. The molecular formula is C14H11AsFNO. The van der Waals surface area contributed by atoms with Gasteiger partial charge in [0, 0.05) is 0 Å². The number of carbonyl (C=O) groups excluding carboxylic acids is 1. The minimum atomic E-state index is -0.297. The van der Waals surface area contributed by atoms with E-state index in [1.165, 1.54) is 12.1 Å². The second kappa shape index (κ2) is 5.83. The van der Waals surface area contributed by atoms with Crippen LogP contribution in [0.5, 0.6) is 0 Å². The number of hydrogen-bond donors (Lipinski definition) is 1. The van der Waals surface area contributed by atoms with Crippen molar-refractivity contribution in [3.05, 3.63) is 65.5 Å². The van der Waals surface area contributed by atoms with Crippen molar-refractivity contribution in [2.45, 2.75) is 6.54 Å². The van der Waals surface area contributed by atoms with Gasteiger partial charge in [0.05, 0.1) is 0 Å². The van der Waals surface area contributed by atoms with Gasteiger partial charge in [0.25, 0.3) is 0 Å². The molecule has 0 spiro atoms. The molecule has 2 aromatic rings. The van der Waals surface area contributed by atoms with Crippen LogP contribution in [0.15, 0.2) is 48.5 Å². The van der Waals surface area contributed by atoms with Gasteiger partial charge in [-0.05, 0) is 0 Å². The summed E-state index contributed by atoms with van der Waals surface area (Å²) >= 11 is 2.39. The molecule has 0 saturated heterocycles. The van der Waals surface area contributed by atoms with E-state index in [9.17, 15) is 9.18 Å². The molecule has 1 N–H and O–H groups in total. The van der Waals surface area contributed by atoms with Crippen LogP contribution in [0.4, 0.5) is 4.39 Å². The first-order valence-electron chi connectivity index (χ1n) is 5.47. The summed E-state index contributed by atoms with van der Waals surface area (Å²) in [5.74, 6) is -0.457. The van der Waals surface area contributed by atoms with Gasteiger partial charge in [-0.25, -0.2) is 0 Å². The molecule has 0 unspecified atom stereocenters. The normalized spacial score (nSPS) is 10.1. The fourth-order valence-corrected chi connectivity index (χ4v) is 2.05. The van der Waals surface area contributed by atoms with Crippen molar-refractivity contribution in [1.29, 1.82) is 0 Å². The van der Waals surface area contributed by atoms with Crippen molar-refractivity contribution in [2.75, 3.05) is 0 Å². The summed E-state index contributed by atoms with van der Waals surface area (Å²) in [6, 6.07) is 13.5. The molecule has 0 saturated carbocycles. The van der Waals surface area contributed by atoms with Gasteiger partial charge in [-0.3, -0.25) is 0 Å². The molecule has 90 valence electrons. The first-order valence-corrected chi connectivity index (χ1v) is 6.40. The number of nitrogens with one attached hydrogen (secondary N) is 1. The fourth-order valence-electron chi connectivity index (χ4n) is 1.58. The van der Waals surface area contributed by atoms with Crippen molar-refractivity contribution in [3.8, 4) is 0 Å². The molecule has 0 atom stereocenters. The van der Waals surface area contributed by atoms with Crippen molar-refractivity contribution < 1.29 is 9.18 Å². The minimum absolute atomic E-state index is 0.160. The molecule has 2 aromatic carbocycles. The van der Waals surface area contributed by atoms with Gasteiger partial charge in [0.2, 0.25) is 0 Å². The third-order valence-electron chi connectivity index (χ3n) is 2.45. The zero-order valence-corrected chi connectivity index (χ0v) is 11.4. The standard InChI is InChI=1S/C14H11AsFNO/c15-12-5-2-4-11(8-12)14(18)17-9-10-3-1-6-13(16)7-10/h1-8H,9H2,(H,17,18). The quantitative estimate of drug-likeness (QED) is 0.857. The van der Waals surface area contributed by atoms with Crippen LogP contribution in [0, 0.1) is 5.82 Å². The number of rotatable bonds is 3. The van der Waals surface area contributed by atoms with Gasteiger partial charge >= 0.3 is 114 Å². The Labute approximate surface area is 114 Å². The zero-order valence-electron chi connectivity index (χ0n) is 9.56. The maximum absolute atomic E-state index is 13.0. The molecule has 0 bridgehead atoms. The Bertz CT molecular complexity index is 571. The molecule has 2 radical (unpaired) electrons. The van der Waals surface area contributed by atoms with Crippen molar-refractivity contribution in [1.82, 2.24) is 5.32 Å². The summed E-state index contributed by atoms with van der Waals surface area (Å²) in [7, 11) is 0. The van der Waals surface area contributed by atoms with E-state index >= 15 is 0 Å². The summed E-state index contributed by atoms with van der Waals surface area (Å²) in [4.78, 5) is 11.8. The van der Waals surface area contributed by atoms with E-state index in [-0.39, 0.29) is 11.7 Å². The number of carbonyl (C=O) groups is 1. The monoisotopic (exact) mass is 303 g/mol. The molecule has 0 aliphatic heterocycles. The van der Waals surface area contributed by atoms with Crippen LogP contribution >= 0.6 is 0 Å². The number of benzene rings is 2. The van der Waals surface area contributed by atoms with E-state index in [1.807, 2.05) is 12.1 Å². The average Bonchev–Trinajstić information content (AvgIpc) is 2.36. The summed E-state index contributed by atoms with van der Waals surface area (Å²) in [5.41, 5.74) is 1.34. The van der Waals surface area contributed by atoms with E-state index in [0.717, 1.165) is 9.91 Å². The van der Waals surface area contributed by atoms with Crippen LogP contribution in [0.1, 0.15) is 15.9 Å². The van der Waals surface area contributed by atoms with E-state index in [4.69, 9.17) is 0 Å².